The smallest absolute Gasteiger partial charge is 0.239 e. The average Bonchev–Trinajstić information content (AvgIpc) is 2.43. The Morgan fingerprint density at radius 3 is 2.38 bits per heavy atom. The molecule has 9 heteroatoms. The second-order valence-corrected chi connectivity index (χ2v) is 8.42. The Kier molecular flexibility index (Phi) is 7.95. The molecule has 0 aliphatic carbocycles. The number of hydrogen-bond acceptors (Lipinski definition) is 4. The summed E-state index contributed by atoms with van der Waals surface area (Å²) in [4.78, 5) is 12.5. The van der Waals surface area contributed by atoms with Crippen molar-refractivity contribution < 1.29 is 17.9 Å². The Balaban J connectivity index is 3.03. The Morgan fingerprint density at radius 1 is 1.29 bits per heavy atom. The van der Waals surface area contributed by atoms with E-state index >= 15 is 0 Å². The van der Waals surface area contributed by atoms with E-state index in [1.807, 2.05) is 0 Å². The summed E-state index contributed by atoms with van der Waals surface area (Å²) in [5.74, 6) is -0.688. The number of sulfonamides is 1. The quantitative estimate of drug-likeness (QED) is 0.706. The first-order valence-electron chi connectivity index (χ1n) is 7.26. The highest BCUT2D eigenvalue weighted by Crippen LogP contribution is 2.26. The summed E-state index contributed by atoms with van der Waals surface area (Å²) >= 11 is 12.1. The SMILES string of the molecule is COCC(NC(=O)C(NS(C)(=O)=O)C(C)C)c1ccc(Cl)cc1Cl. The molecule has 1 rings (SSSR count). The number of rotatable bonds is 8. The molecule has 0 radical (unpaired) electrons. The maximum atomic E-state index is 12.5. The van der Waals surface area contributed by atoms with Crippen molar-refractivity contribution in [2.75, 3.05) is 20.0 Å². The number of methoxy groups -OCH3 is 1. The van der Waals surface area contributed by atoms with E-state index in [2.05, 4.69) is 10.0 Å². The molecule has 6 nitrogen and oxygen atoms in total. The third-order valence-electron chi connectivity index (χ3n) is 3.28. The minimum absolute atomic E-state index is 0.177. The van der Waals surface area contributed by atoms with Crippen LogP contribution in [-0.2, 0) is 19.6 Å². The zero-order valence-electron chi connectivity index (χ0n) is 14.0. The van der Waals surface area contributed by atoms with E-state index in [0.29, 0.717) is 15.6 Å². The number of carbonyl (C=O) groups is 1. The molecule has 0 saturated heterocycles. The molecule has 2 N–H and O–H groups in total. The minimum atomic E-state index is -3.53. The van der Waals surface area contributed by atoms with Crippen LogP contribution in [-0.4, -0.2) is 40.3 Å². The first-order chi connectivity index (χ1) is 11.0. The van der Waals surface area contributed by atoms with Gasteiger partial charge in [0.05, 0.1) is 18.9 Å². The molecule has 0 saturated carbocycles. The highest BCUT2D eigenvalue weighted by Gasteiger charge is 2.28. The van der Waals surface area contributed by atoms with E-state index in [1.165, 1.54) is 7.11 Å². The standard InChI is InChI=1S/C15H22Cl2N2O4S/c1-9(2)14(19-24(4,21)22)15(20)18-13(8-23-3)11-6-5-10(16)7-12(11)17/h5-7,9,13-14,19H,8H2,1-4H3,(H,18,20). The third-order valence-corrected chi connectivity index (χ3v) is 4.52. The Bertz CT molecular complexity index is 680. The van der Waals surface area contributed by atoms with E-state index in [4.69, 9.17) is 27.9 Å². The van der Waals surface area contributed by atoms with Gasteiger partial charge in [-0.05, 0) is 23.6 Å². The Labute approximate surface area is 152 Å². The van der Waals surface area contributed by atoms with Gasteiger partial charge in [0, 0.05) is 17.2 Å². The van der Waals surface area contributed by atoms with Gasteiger partial charge in [0.25, 0.3) is 0 Å². The van der Waals surface area contributed by atoms with Crippen molar-refractivity contribution in [3.63, 3.8) is 0 Å². The van der Waals surface area contributed by atoms with Crippen LogP contribution in [0.15, 0.2) is 18.2 Å². The molecular formula is C15H22Cl2N2O4S. The van der Waals surface area contributed by atoms with Crippen LogP contribution in [0.1, 0.15) is 25.5 Å². The predicted octanol–water partition coefficient (Wildman–Crippen LogP) is 2.37. The van der Waals surface area contributed by atoms with Gasteiger partial charge < -0.3 is 10.1 Å². The lowest BCUT2D eigenvalue weighted by Crippen LogP contribution is -2.50. The molecule has 1 aromatic carbocycles. The van der Waals surface area contributed by atoms with Crippen LogP contribution in [0.25, 0.3) is 0 Å². The normalized spacial score (nSPS) is 14.5. The van der Waals surface area contributed by atoms with Crippen LogP contribution in [0, 0.1) is 5.92 Å². The second-order valence-electron chi connectivity index (χ2n) is 5.79. The van der Waals surface area contributed by atoms with Crippen molar-refractivity contribution in [3.05, 3.63) is 33.8 Å². The molecule has 0 heterocycles. The average molecular weight is 397 g/mol. The Hall–Kier alpha value is -0.860. The van der Waals surface area contributed by atoms with E-state index in [0.717, 1.165) is 6.26 Å². The number of carbonyl (C=O) groups excluding carboxylic acids is 1. The molecule has 2 unspecified atom stereocenters. The van der Waals surface area contributed by atoms with Gasteiger partial charge in [0.2, 0.25) is 15.9 Å². The summed E-state index contributed by atoms with van der Waals surface area (Å²) in [6.07, 6.45) is 1.01. The number of nitrogens with one attached hydrogen (secondary N) is 2. The van der Waals surface area contributed by atoms with Gasteiger partial charge in [-0.15, -0.1) is 0 Å². The van der Waals surface area contributed by atoms with Gasteiger partial charge in [-0.2, -0.15) is 0 Å². The maximum Gasteiger partial charge on any atom is 0.239 e. The van der Waals surface area contributed by atoms with Crippen molar-refractivity contribution in [2.24, 2.45) is 5.92 Å². The molecule has 2 atom stereocenters. The first kappa shape index (κ1) is 21.2. The van der Waals surface area contributed by atoms with E-state index < -0.39 is 28.0 Å². The largest absolute Gasteiger partial charge is 0.382 e. The molecule has 0 fully saturated rings. The number of halogens is 2. The highest BCUT2D eigenvalue weighted by molar-refractivity contribution is 7.88. The van der Waals surface area contributed by atoms with E-state index in [1.54, 1.807) is 32.0 Å². The molecule has 0 bridgehead atoms. The lowest BCUT2D eigenvalue weighted by Gasteiger charge is -2.25. The van der Waals surface area contributed by atoms with E-state index in [9.17, 15) is 13.2 Å². The molecule has 1 amide bonds. The summed E-state index contributed by atoms with van der Waals surface area (Å²) < 4.78 is 30.4. The summed E-state index contributed by atoms with van der Waals surface area (Å²) in [5, 5.41) is 3.65. The molecule has 1 aromatic rings. The van der Waals surface area contributed by atoms with Gasteiger partial charge in [-0.3, -0.25) is 4.79 Å². The van der Waals surface area contributed by atoms with Crippen molar-refractivity contribution in [1.29, 1.82) is 0 Å². The number of benzene rings is 1. The van der Waals surface area contributed by atoms with Gasteiger partial charge in [-0.1, -0.05) is 43.1 Å². The lowest BCUT2D eigenvalue weighted by atomic mass is 10.0. The Morgan fingerprint density at radius 2 is 1.92 bits per heavy atom. The molecule has 0 aliphatic heterocycles. The first-order valence-corrected chi connectivity index (χ1v) is 9.91. The van der Waals surface area contributed by atoms with Gasteiger partial charge >= 0.3 is 0 Å². The highest BCUT2D eigenvalue weighted by atomic mass is 35.5. The van der Waals surface area contributed by atoms with Crippen molar-refractivity contribution >= 4 is 39.1 Å². The number of ether oxygens (including phenoxy) is 1. The fraction of sp³-hybridized carbons (Fsp3) is 0.533. The summed E-state index contributed by atoms with van der Waals surface area (Å²) in [7, 11) is -2.03. The topological polar surface area (TPSA) is 84.5 Å². The zero-order valence-corrected chi connectivity index (χ0v) is 16.3. The second kappa shape index (κ2) is 9.01. The van der Waals surface area contributed by atoms with Crippen LogP contribution in [0.4, 0.5) is 0 Å². The molecule has 136 valence electrons. The van der Waals surface area contributed by atoms with Crippen LogP contribution >= 0.6 is 23.2 Å². The minimum Gasteiger partial charge on any atom is -0.382 e. The number of amides is 1. The van der Waals surface area contributed by atoms with Crippen molar-refractivity contribution in [1.82, 2.24) is 10.0 Å². The van der Waals surface area contributed by atoms with Crippen molar-refractivity contribution in [2.45, 2.75) is 25.9 Å². The zero-order chi connectivity index (χ0) is 18.5. The predicted molar refractivity (Wildman–Crippen MR) is 95.8 cm³/mol. The molecule has 0 aromatic heterocycles. The molecule has 0 spiro atoms. The van der Waals surface area contributed by atoms with E-state index in [-0.39, 0.29) is 12.5 Å². The fourth-order valence-electron chi connectivity index (χ4n) is 2.14. The molecular weight excluding hydrogens is 375 g/mol. The van der Waals surface area contributed by atoms with Crippen LogP contribution in [0.5, 0.6) is 0 Å². The molecule has 24 heavy (non-hydrogen) atoms. The van der Waals surface area contributed by atoms with Gasteiger partial charge in [-0.25, -0.2) is 13.1 Å². The summed E-state index contributed by atoms with van der Waals surface area (Å²) in [6, 6.07) is 3.50. The monoisotopic (exact) mass is 396 g/mol. The summed E-state index contributed by atoms with van der Waals surface area (Å²) in [5.41, 5.74) is 0.637. The van der Waals surface area contributed by atoms with Crippen LogP contribution < -0.4 is 10.0 Å². The fourth-order valence-corrected chi connectivity index (χ4v) is 3.53. The van der Waals surface area contributed by atoms with Gasteiger partial charge in [0.1, 0.15) is 6.04 Å². The van der Waals surface area contributed by atoms with Crippen LogP contribution in [0.3, 0.4) is 0 Å². The number of hydrogen-bond donors (Lipinski definition) is 2. The summed E-state index contributed by atoms with van der Waals surface area (Å²) in [6.45, 7) is 3.68. The third kappa shape index (κ3) is 6.57. The van der Waals surface area contributed by atoms with Crippen molar-refractivity contribution in [3.8, 4) is 0 Å². The van der Waals surface area contributed by atoms with Crippen LogP contribution in [0.2, 0.25) is 10.0 Å². The maximum absolute atomic E-state index is 12.5. The lowest BCUT2D eigenvalue weighted by molar-refractivity contribution is -0.124. The van der Waals surface area contributed by atoms with Gasteiger partial charge in [0.15, 0.2) is 0 Å². The molecule has 0 aliphatic rings.